The lowest BCUT2D eigenvalue weighted by atomic mass is 9.77. The van der Waals surface area contributed by atoms with Crippen LogP contribution in [-0.4, -0.2) is 55.0 Å². The molecule has 172 valence electrons. The SMILES string of the molecule is CC#CCn1c(N2CCCC(N)C2)nc2c1c(=O)n(Cc1ccccc1B(O)O)c(=O)n2C. The third-order valence-electron chi connectivity index (χ3n) is 6.03. The molecule has 0 amide bonds. The van der Waals surface area contributed by atoms with E-state index in [1.165, 1.54) is 4.57 Å². The lowest BCUT2D eigenvalue weighted by Gasteiger charge is -2.31. The van der Waals surface area contributed by atoms with Gasteiger partial charge < -0.3 is 20.7 Å². The lowest BCUT2D eigenvalue weighted by molar-refractivity contribution is 0.425. The Hall–Kier alpha value is -3.33. The second kappa shape index (κ2) is 9.27. The highest BCUT2D eigenvalue weighted by molar-refractivity contribution is 6.59. The smallest absolute Gasteiger partial charge is 0.423 e. The first-order chi connectivity index (χ1) is 15.8. The van der Waals surface area contributed by atoms with Gasteiger partial charge in [-0.05, 0) is 30.8 Å². The van der Waals surface area contributed by atoms with E-state index < -0.39 is 18.4 Å². The van der Waals surface area contributed by atoms with Crippen molar-refractivity contribution in [3.8, 4) is 11.8 Å². The van der Waals surface area contributed by atoms with Crippen molar-refractivity contribution >= 4 is 29.7 Å². The Morgan fingerprint density at radius 3 is 2.70 bits per heavy atom. The van der Waals surface area contributed by atoms with Gasteiger partial charge in [0.2, 0.25) is 5.95 Å². The summed E-state index contributed by atoms with van der Waals surface area (Å²) in [6.45, 7) is 3.21. The number of imidazole rings is 1. The molecule has 1 saturated heterocycles. The largest absolute Gasteiger partial charge is 0.488 e. The van der Waals surface area contributed by atoms with Crippen LogP contribution in [-0.2, 0) is 20.1 Å². The molecule has 1 aliphatic heterocycles. The predicted octanol–water partition coefficient (Wildman–Crippen LogP) is -1.42. The minimum atomic E-state index is -1.72. The van der Waals surface area contributed by atoms with E-state index in [2.05, 4.69) is 16.8 Å². The van der Waals surface area contributed by atoms with Crippen LogP contribution in [0.25, 0.3) is 11.2 Å². The molecule has 1 aromatic carbocycles. The van der Waals surface area contributed by atoms with Crippen LogP contribution in [0, 0.1) is 11.8 Å². The van der Waals surface area contributed by atoms with E-state index >= 15 is 0 Å². The molecule has 33 heavy (non-hydrogen) atoms. The van der Waals surface area contributed by atoms with Crippen molar-refractivity contribution in [3.05, 3.63) is 50.7 Å². The maximum absolute atomic E-state index is 13.6. The summed E-state index contributed by atoms with van der Waals surface area (Å²) in [6.07, 6.45) is 1.83. The number of nitrogens with two attached hydrogens (primary N) is 1. The first-order valence-corrected chi connectivity index (χ1v) is 10.9. The topological polar surface area (TPSA) is 132 Å². The van der Waals surface area contributed by atoms with Crippen molar-refractivity contribution in [1.82, 2.24) is 18.7 Å². The van der Waals surface area contributed by atoms with E-state index in [0.29, 0.717) is 18.1 Å². The number of piperidine rings is 1. The van der Waals surface area contributed by atoms with E-state index in [1.54, 1.807) is 42.8 Å². The molecule has 0 bridgehead atoms. The van der Waals surface area contributed by atoms with Gasteiger partial charge in [0, 0.05) is 26.2 Å². The van der Waals surface area contributed by atoms with Gasteiger partial charge in [-0.1, -0.05) is 30.2 Å². The first kappa shape index (κ1) is 22.9. The van der Waals surface area contributed by atoms with Gasteiger partial charge in [-0.15, -0.1) is 5.92 Å². The van der Waals surface area contributed by atoms with Crippen LogP contribution in [0.3, 0.4) is 0 Å². The zero-order valence-electron chi connectivity index (χ0n) is 18.7. The van der Waals surface area contributed by atoms with E-state index in [9.17, 15) is 19.6 Å². The zero-order chi connectivity index (χ0) is 23.7. The summed E-state index contributed by atoms with van der Waals surface area (Å²) < 4.78 is 4.18. The number of aromatic nitrogens is 4. The fourth-order valence-corrected chi connectivity index (χ4v) is 4.34. The number of fused-ring (bicyclic) bond motifs is 1. The molecule has 0 spiro atoms. The van der Waals surface area contributed by atoms with Crippen molar-refractivity contribution in [2.75, 3.05) is 18.0 Å². The average Bonchev–Trinajstić information content (AvgIpc) is 3.19. The van der Waals surface area contributed by atoms with Gasteiger partial charge in [0.15, 0.2) is 11.2 Å². The van der Waals surface area contributed by atoms with Gasteiger partial charge in [-0.2, -0.15) is 4.98 Å². The van der Waals surface area contributed by atoms with Crippen LogP contribution in [0.1, 0.15) is 25.3 Å². The molecule has 3 aromatic rings. The van der Waals surface area contributed by atoms with E-state index in [-0.39, 0.29) is 35.8 Å². The zero-order valence-corrected chi connectivity index (χ0v) is 18.7. The van der Waals surface area contributed by atoms with Crippen LogP contribution < -0.4 is 27.3 Å². The molecule has 2 aromatic heterocycles. The molecule has 10 nitrogen and oxygen atoms in total. The number of anilines is 1. The van der Waals surface area contributed by atoms with Crippen LogP contribution in [0.2, 0.25) is 0 Å². The van der Waals surface area contributed by atoms with Gasteiger partial charge in [0.1, 0.15) is 0 Å². The maximum Gasteiger partial charge on any atom is 0.488 e. The highest BCUT2D eigenvalue weighted by atomic mass is 16.4. The summed E-state index contributed by atoms with van der Waals surface area (Å²) in [5.74, 6) is 6.42. The standard InChI is InChI=1S/C22H27BN6O4/c1-3-4-12-28-18-19(25-21(28)27-11-7-9-16(24)14-27)26(2)22(31)29(20(18)30)13-15-8-5-6-10-17(15)23(32)33/h5-6,8,10,16,32-33H,7,9,11-14,24H2,1-2H3. The Morgan fingerprint density at radius 1 is 1.24 bits per heavy atom. The molecule has 1 unspecified atom stereocenters. The van der Waals surface area contributed by atoms with Gasteiger partial charge >= 0.3 is 12.8 Å². The Balaban J connectivity index is 1.93. The van der Waals surface area contributed by atoms with Crippen LogP contribution in [0.4, 0.5) is 5.95 Å². The third-order valence-corrected chi connectivity index (χ3v) is 6.03. The molecule has 0 saturated carbocycles. The molecule has 11 heteroatoms. The molecule has 1 atom stereocenters. The molecule has 4 rings (SSSR count). The summed E-state index contributed by atoms with van der Waals surface area (Å²) in [7, 11) is -0.146. The van der Waals surface area contributed by atoms with Crippen molar-refractivity contribution < 1.29 is 10.0 Å². The summed E-state index contributed by atoms with van der Waals surface area (Å²) in [5, 5.41) is 19.4. The summed E-state index contributed by atoms with van der Waals surface area (Å²) in [6, 6.07) is 6.59. The lowest BCUT2D eigenvalue weighted by Crippen LogP contribution is -2.44. The Labute approximate surface area is 191 Å². The van der Waals surface area contributed by atoms with Crippen molar-refractivity contribution in [2.24, 2.45) is 12.8 Å². The molecule has 1 fully saturated rings. The van der Waals surface area contributed by atoms with Crippen molar-refractivity contribution in [3.63, 3.8) is 0 Å². The number of benzene rings is 1. The van der Waals surface area contributed by atoms with Gasteiger partial charge in [-0.3, -0.25) is 18.5 Å². The average molecular weight is 450 g/mol. The fourth-order valence-electron chi connectivity index (χ4n) is 4.34. The minimum Gasteiger partial charge on any atom is -0.423 e. The highest BCUT2D eigenvalue weighted by Crippen LogP contribution is 2.22. The molecule has 1 aliphatic rings. The van der Waals surface area contributed by atoms with Crippen LogP contribution in [0.15, 0.2) is 33.9 Å². The van der Waals surface area contributed by atoms with Crippen LogP contribution in [0.5, 0.6) is 0 Å². The van der Waals surface area contributed by atoms with E-state index in [4.69, 9.17) is 5.73 Å². The summed E-state index contributed by atoms with van der Waals surface area (Å²) in [4.78, 5) is 33.5. The molecule has 3 heterocycles. The molecular weight excluding hydrogens is 423 g/mol. The molecular formula is C22H27BN6O4. The fraction of sp³-hybridized carbons (Fsp3) is 0.409. The number of aryl methyl sites for hydroxylation is 1. The highest BCUT2D eigenvalue weighted by Gasteiger charge is 2.26. The van der Waals surface area contributed by atoms with Gasteiger partial charge in [-0.25, -0.2) is 4.79 Å². The monoisotopic (exact) mass is 450 g/mol. The summed E-state index contributed by atoms with van der Waals surface area (Å²) in [5.41, 5.74) is 6.38. The molecule has 0 radical (unpaired) electrons. The minimum absolute atomic E-state index is 0.00570. The number of hydrogen-bond acceptors (Lipinski definition) is 7. The normalized spacial score (nSPS) is 16.0. The predicted molar refractivity (Wildman–Crippen MR) is 127 cm³/mol. The van der Waals surface area contributed by atoms with E-state index in [0.717, 1.165) is 24.0 Å². The Morgan fingerprint density at radius 2 is 2.00 bits per heavy atom. The van der Waals surface area contributed by atoms with Crippen molar-refractivity contribution in [2.45, 2.75) is 38.9 Å². The van der Waals surface area contributed by atoms with Gasteiger partial charge in [0.25, 0.3) is 5.56 Å². The third kappa shape index (κ3) is 4.20. The second-order valence-corrected chi connectivity index (χ2v) is 8.25. The van der Waals surface area contributed by atoms with Gasteiger partial charge in [0.05, 0.1) is 13.1 Å². The first-order valence-electron chi connectivity index (χ1n) is 10.9. The number of hydrogen-bond donors (Lipinski definition) is 3. The quantitative estimate of drug-likeness (QED) is 0.321. The Bertz CT molecular complexity index is 1360. The number of rotatable bonds is 5. The van der Waals surface area contributed by atoms with Crippen molar-refractivity contribution in [1.29, 1.82) is 0 Å². The Kier molecular flexibility index (Phi) is 6.42. The number of nitrogens with zero attached hydrogens (tertiary/aromatic N) is 5. The maximum atomic E-state index is 13.6. The van der Waals surface area contributed by atoms with E-state index in [1.807, 2.05) is 4.90 Å². The summed E-state index contributed by atoms with van der Waals surface area (Å²) >= 11 is 0. The second-order valence-electron chi connectivity index (χ2n) is 8.25. The van der Waals surface area contributed by atoms with Crippen LogP contribution >= 0.6 is 0 Å². The molecule has 4 N–H and O–H groups in total. The molecule has 0 aliphatic carbocycles.